The molecular weight excluding hydrogens is 394 g/mol. The molecular formula is C23H37N5O3. The zero-order valence-corrected chi connectivity index (χ0v) is 19.1. The summed E-state index contributed by atoms with van der Waals surface area (Å²) in [5.41, 5.74) is 1.22. The number of ether oxygens (including phenoxy) is 2. The third kappa shape index (κ3) is 7.11. The van der Waals surface area contributed by atoms with Gasteiger partial charge in [-0.15, -0.1) is 0 Å². The monoisotopic (exact) mass is 431 g/mol. The van der Waals surface area contributed by atoms with Gasteiger partial charge < -0.3 is 25.0 Å². The predicted molar refractivity (Wildman–Crippen MR) is 123 cm³/mol. The van der Waals surface area contributed by atoms with E-state index >= 15 is 0 Å². The Bertz CT molecular complexity index is 728. The summed E-state index contributed by atoms with van der Waals surface area (Å²) in [4.78, 5) is 20.7. The molecule has 0 aromatic heterocycles. The van der Waals surface area contributed by atoms with Gasteiger partial charge in [0.2, 0.25) is 5.91 Å². The predicted octanol–water partition coefficient (Wildman–Crippen LogP) is 1.63. The molecule has 1 aromatic carbocycles. The average molecular weight is 432 g/mol. The van der Waals surface area contributed by atoms with Gasteiger partial charge >= 0.3 is 0 Å². The van der Waals surface area contributed by atoms with Crippen LogP contribution in [-0.2, 0) is 9.53 Å². The highest BCUT2D eigenvalue weighted by Gasteiger charge is 2.24. The number of likely N-dealkylation sites (tertiary alicyclic amines) is 1. The summed E-state index contributed by atoms with van der Waals surface area (Å²) in [6.45, 7) is 4.48. The number of guanidine groups is 1. The lowest BCUT2D eigenvalue weighted by Gasteiger charge is -2.29. The molecule has 0 spiro atoms. The van der Waals surface area contributed by atoms with E-state index in [4.69, 9.17) is 9.47 Å². The first-order chi connectivity index (χ1) is 15.1. The molecule has 2 aliphatic heterocycles. The first-order valence-corrected chi connectivity index (χ1v) is 11.3. The molecule has 2 aliphatic rings. The Morgan fingerprint density at radius 2 is 2.10 bits per heavy atom. The van der Waals surface area contributed by atoms with Crippen LogP contribution in [0.2, 0.25) is 0 Å². The number of likely N-dealkylation sites (N-methyl/N-ethyl adjacent to an activating group) is 1. The fourth-order valence-electron chi connectivity index (χ4n) is 4.03. The van der Waals surface area contributed by atoms with Crippen LogP contribution in [0.5, 0.6) is 5.75 Å². The van der Waals surface area contributed by atoms with Gasteiger partial charge in [-0.05, 0) is 56.5 Å². The summed E-state index contributed by atoms with van der Waals surface area (Å²) in [6.07, 6.45) is 4.78. The number of carbonyl (C=O) groups excluding carboxylic acids is 1. The fraction of sp³-hybridized carbons (Fsp3) is 0.652. The molecule has 2 unspecified atom stereocenters. The minimum atomic E-state index is -0.0258. The highest BCUT2D eigenvalue weighted by Crippen LogP contribution is 2.27. The van der Waals surface area contributed by atoms with E-state index in [-0.39, 0.29) is 24.6 Å². The topological polar surface area (TPSA) is 78.4 Å². The largest absolute Gasteiger partial charge is 0.497 e. The molecule has 1 aromatic rings. The molecule has 2 saturated heterocycles. The summed E-state index contributed by atoms with van der Waals surface area (Å²) in [7, 11) is 5.19. The van der Waals surface area contributed by atoms with Crippen LogP contribution in [0.25, 0.3) is 0 Å². The number of hydrogen-bond acceptors (Lipinski definition) is 5. The number of rotatable bonds is 9. The molecule has 3 rings (SSSR count). The Hall–Kier alpha value is -2.32. The summed E-state index contributed by atoms with van der Waals surface area (Å²) in [5, 5.41) is 6.86. The molecule has 2 atom stereocenters. The van der Waals surface area contributed by atoms with Crippen LogP contribution in [0.4, 0.5) is 0 Å². The highest BCUT2D eigenvalue weighted by atomic mass is 16.5. The number of methoxy groups -OCH3 is 1. The molecule has 0 radical (unpaired) electrons. The Morgan fingerprint density at radius 3 is 2.77 bits per heavy atom. The normalized spacial score (nSPS) is 20.5. The van der Waals surface area contributed by atoms with Crippen molar-refractivity contribution in [1.82, 2.24) is 20.4 Å². The van der Waals surface area contributed by atoms with Crippen molar-refractivity contribution in [2.75, 3.05) is 60.5 Å². The van der Waals surface area contributed by atoms with Crippen LogP contribution in [0.3, 0.4) is 0 Å². The standard InChI is InChI=1S/C23H37N5O3/c1-27(2)22(29)17-26-23(24-15-20-10-7-13-31-20)25-16-21(28-11-4-5-12-28)18-8-6-9-19(14-18)30-3/h6,8-9,14,20-21H,4-5,7,10-13,15-17H2,1-3H3,(H2,24,25,26). The fourth-order valence-corrected chi connectivity index (χ4v) is 4.03. The zero-order chi connectivity index (χ0) is 22.1. The molecule has 172 valence electrons. The second-order valence-corrected chi connectivity index (χ2v) is 8.39. The zero-order valence-electron chi connectivity index (χ0n) is 19.1. The maximum atomic E-state index is 12.1. The van der Waals surface area contributed by atoms with E-state index in [0.717, 1.165) is 38.3 Å². The molecule has 8 heteroatoms. The molecule has 1 amide bonds. The van der Waals surface area contributed by atoms with Crippen molar-refractivity contribution in [3.05, 3.63) is 29.8 Å². The Morgan fingerprint density at radius 1 is 1.29 bits per heavy atom. The third-order valence-electron chi connectivity index (χ3n) is 5.92. The molecule has 0 saturated carbocycles. The van der Waals surface area contributed by atoms with Crippen molar-refractivity contribution < 1.29 is 14.3 Å². The van der Waals surface area contributed by atoms with Gasteiger partial charge in [-0.3, -0.25) is 9.69 Å². The number of carbonyl (C=O) groups is 1. The van der Waals surface area contributed by atoms with Gasteiger partial charge in [-0.2, -0.15) is 0 Å². The van der Waals surface area contributed by atoms with Crippen LogP contribution in [0, 0.1) is 0 Å². The van der Waals surface area contributed by atoms with E-state index in [2.05, 4.69) is 32.7 Å². The van der Waals surface area contributed by atoms with Gasteiger partial charge in [0.05, 0.1) is 19.3 Å². The molecule has 0 bridgehead atoms. The van der Waals surface area contributed by atoms with Gasteiger partial charge in [0, 0.05) is 33.8 Å². The van der Waals surface area contributed by atoms with Crippen LogP contribution in [0.1, 0.15) is 37.3 Å². The Kier molecular flexibility index (Phi) is 8.97. The molecule has 2 heterocycles. The Balaban J connectivity index is 1.69. The van der Waals surface area contributed by atoms with Gasteiger partial charge in [0.15, 0.2) is 5.96 Å². The van der Waals surface area contributed by atoms with E-state index in [1.807, 2.05) is 12.1 Å². The molecule has 31 heavy (non-hydrogen) atoms. The van der Waals surface area contributed by atoms with Gasteiger partial charge in [0.1, 0.15) is 12.3 Å². The number of hydrogen-bond donors (Lipinski definition) is 2. The minimum Gasteiger partial charge on any atom is -0.497 e. The number of aliphatic imine (C=N–C) groups is 1. The minimum absolute atomic E-state index is 0.0258. The van der Waals surface area contributed by atoms with Crippen molar-refractivity contribution in [1.29, 1.82) is 0 Å². The number of nitrogens with one attached hydrogen (secondary N) is 2. The van der Waals surface area contributed by atoms with Crippen molar-refractivity contribution in [3.8, 4) is 5.75 Å². The first kappa shape index (κ1) is 23.3. The molecule has 2 fully saturated rings. The number of amides is 1. The van der Waals surface area contributed by atoms with Gasteiger partial charge in [-0.1, -0.05) is 12.1 Å². The lowest BCUT2D eigenvalue weighted by Crippen LogP contribution is -2.45. The molecule has 0 aliphatic carbocycles. The summed E-state index contributed by atoms with van der Waals surface area (Å²) < 4.78 is 11.2. The van der Waals surface area contributed by atoms with Gasteiger partial charge in [-0.25, -0.2) is 4.99 Å². The van der Waals surface area contributed by atoms with Crippen molar-refractivity contribution in [2.24, 2.45) is 4.99 Å². The number of nitrogens with zero attached hydrogens (tertiary/aromatic N) is 3. The average Bonchev–Trinajstić information content (AvgIpc) is 3.49. The maximum Gasteiger partial charge on any atom is 0.243 e. The smallest absolute Gasteiger partial charge is 0.243 e. The van der Waals surface area contributed by atoms with Crippen LogP contribution >= 0.6 is 0 Å². The van der Waals surface area contributed by atoms with E-state index in [0.29, 0.717) is 19.0 Å². The van der Waals surface area contributed by atoms with Crippen LogP contribution in [-0.4, -0.2) is 88.3 Å². The van der Waals surface area contributed by atoms with E-state index in [1.54, 1.807) is 26.1 Å². The highest BCUT2D eigenvalue weighted by molar-refractivity contribution is 5.84. The quantitative estimate of drug-likeness (QED) is 0.457. The molecule has 8 nitrogen and oxygen atoms in total. The van der Waals surface area contributed by atoms with Gasteiger partial charge in [0.25, 0.3) is 0 Å². The van der Waals surface area contributed by atoms with E-state index in [9.17, 15) is 4.79 Å². The number of benzene rings is 1. The van der Waals surface area contributed by atoms with E-state index < -0.39 is 0 Å². The van der Waals surface area contributed by atoms with Crippen molar-refractivity contribution in [2.45, 2.75) is 37.8 Å². The van der Waals surface area contributed by atoms with E-state index in [1.165, 1.54) is 18.4 Å². The second kappa shape index (κ2) is 11.9. The Labute approximate surface area is 186 Å². The van der Waals surface area contributed by atoms with Crippen LogP contribution in [0.15, 0.2) is 29.3 Å². The van der Waals surface area contributed by atoms with Crippen molar-refractivity contribution >= 4 is 11.9 Å². The van der Waals surface area contributed by atoms with Crippen LogP contribution < -0.4 is 15.4 Å². The molecule has 2 N–H and O–H groups in total. The maximum absolute atomic E-state index is 12.1. The first-order valence-electron chi connectivity index (χ1n) is 11.3. The lowest BCUT2D eigenvalue weighted by atomic mass is 10.1. The summed E-state index contributed by atoms with van der Waals surface area (Å²) in [5.74, 6) is 1.49. The SMILES string of the molecule is COc1cccc(C(CNC(=NCC(=O)N(C)C)NCC2CCCO2)N2CCCC2)c1. The third-order valence-corrected chi connectivity index (χ3v) is 5.92. The van der Waals surface area contributed by atoms with Crippen molar-refractivity contribution in [3.63, 3.8) is 0 Å². The lowest BCUT2D eigenvalue weighted by molar-refractivity contribution is -0.127. The second-order valence-electron chi connectivity index (χ2n) is 8.39. The summed E-state index contributed by atoms with van der Waals surface area (Å²) in [6, 6.07) is 8.48. The summed E-state index contributed by atoms with van der Waals surface area (Å²) >= 11 is 0.